The molecular formula is C18H31IN2. The summed E-state index contributed by atoms with van der Waals surface area (Å²) in [4.78, 5) is 2.64. The Balaban J connectivity index is 3.04. The first-order chi connectivity index (χ1) is 10.1. The van der Waals surface area contributed by atoms with Crippen molar-refractivity contribution in [3.8, 4) is 0 Å². The molecule has 2 nitrogen and oxygen atoms in total. The van der Waals surface area contributed by atoms with Crippen molar-refractivity contribution in [3.05, 3.63) is 33.4 Å². The summed E-state index contributed by atoms with van der Waals surface area (Å²) in [5, 5.41) is 3.61. The molecule has 0 saturated carbocycles. The van der Waals surface area contributed by atoms with Crippen LogP contribution >= 0.6 is 22.6 Å². The van der Waals surface area contributed by atoms with E-state index in [0.29, 0.717) is 6.04 Å². The van der Waals surface area contributed by atoms with Crippen LogP contribution in [0.15, 0.2) is 24.3 Å². The second-order valence-corrected chi connectivity index (χ2v) is 6.90. The van der Waals surface area contributed by atoms with E-state index in [-0.39, 0.29) is 5.54 Å². The van der Waals surface area contributed by atoms with Gasteiger partial charge in [-0.15, -0.1) is 0 Å². The van der Waals surface area contributed by atoms with Gasteiger partial charge in [-0.2, -0.15) is 0 Å². The quantitative estimate of drug-likeness (QED) is 0.619. The second-order valence-electron chi connectivity index (χ2n) is 5.65. The third kappa shape index (κ3) is 4.42. The first kappa shape index (κ1) is 18.9. The first-order valence-electron chi connectivity index (χ1n) is 8.24. The van der Waals surface area contributed by atoms with Gasteiger partial charge >= 0.3 is 0 Å². The molecule has 1 aromatic carbocycles. The molecule has 0 aromatic heterocycles. The van der Waals surface area contributed by atoms with Gasteiger partial charge in [0.1, 0.15) is 0 Å². The van der Waals surface area contributed by atoms with Gasteiger partial charge in [0.2, 0.25) is 0 Å². The molecule has 0 bridgehead atoms. The average Bonchev–Trinajstić information content (AvgIpc) is 2.52. The van der Waals surface area contributed by atoms with Crippen LogP contribution in [-0.2, 0) is 6.42 Å². The van der Waals surface area contributed by atoms with Crippen molar-refractivity contribution >= 4 is 22.6 Å². The molecule has 0 aliphatic rings. The predicted molar refractivity (Wildman–Crippen MR) is 102 cm³/mol. The summed E-state index contributed by atoms with van der Waals surface area (Å²) in [6.07, 6.45) is 3.45. The summed E-state index contributed by atoms with van der Waals surface area (Å²) in [6, 6.07) is 9.43. The molecule has 1 unspecified atom stereocenters. The fourth-order valence-corrected chi connectivity index (χ4v) is 4.04. The van der Waals surface area contributed by atoms with E-state index in [1.54, 1.807) is 0 Å². The van der Waals surface area contributed by atoms with E-state index in [4.69, 9.17) is 0 Å². The van der Waals surface area contributed by atoms with Crippen LogP contribution in [0.25, 0.3) is 0 Å². The van der Waals surface area contributed by atoms with E-state index in [1.165, 1.54) is 22.0 Å². The van der Waals surface area contributed by atoms with E-state index in [1.807, 2.05) is 0 Å². The van der Waals surface area contributed by atoms with Crippen molar-refractivity contribution in [2.24, 2.45) is 0 Å². The van der Waals surface area contributed by atoms with Crippen LogP contribution in [0.5, 0.6) is 0 Å². The zero-order chi connectivity index (χ0) is 15.9. The van der Waals surface area contributed by atoms with Crippen molar-refractivity contribution < 1.29 is 0 Å². The van der Waals surface area contributed by atoms with Gasteiger partial charge in [0, 0.05) is 15.2 Å². The molecule has 1 atom stereocenters. The van der Waals surface area contributed by atoms with Gasteiger partial charge in [-0.1, -0.05) is 39.8 Å². The minimum Gasteiger partial charge on any atom is -0.315 e. The summed E-state index contributed by atoms with van der Waals surface area (Å²) in [5.74, 6) is 0. The van der Waals surface area contributed by atoms with Crippen LogP contribution in [0.1, 0.15) is 46.1 Å². The Labute approximate surface area is 144 Å². The third-order valence-corrected chi connectivity index (χ3v) is 5.69. The number of rotatable bonds is 9. The molecule has 0 amide bonds. The minimum atomic E-state index is 0.237. The lowest BCUT2D eigenvalue weighted by Crippen LogP contribution is -2.61. The molecule has 1 rings (SSSR count). The highest BCUT2D eigenvalue weighted by molar-refractivity contribution is 14.1. The number of hydrogen-bond acceptors (Lipinski definition) is 2. The average molecular weight is 402 g/mol. The lowest BCUT2D eigenvalue weighted by Gasteiger charge is -2.48. The Hall–Kier alpha value is -0.130. The molecule has 120 valence electrons. The van der Waals surface area contributed by atoms with Crippen molar-refractivity contribution in [2.75, 3.05) is 20.1 Å². The van der Waals surface area contributed by atoms with Crippen LogP contribution in [-0.4, -0.2) is 36.6 Å². The van der Waals surface area contributed by atoms with E-state index < -0.39 is 0 Å². The maximum atomic E-state index is 3.61. The third-order valence-electron chi connectivity index (χ3n) is 4.97. The summed E-state index contributed by atoms with van der Waals surface area (Å²) >= 11 is 2.37. The zero-order valence-corrected chi connectivity index (χ0v) is 16.4. The lowest BCUT2D eigenvalue weighted by atomic mass is 9.79. The molecule has 0 fully saturated rings. The molecule has 0 spiro atoms. The van der Waals surface area contributed by atoms with Gasteiger partial charge in [0.15, 0.2) is 0 Å². The summed E-state index contributed by atoms with van der Waals surface area (Å²) in [5.41, 5.74) is 1.66. The molecule has 0 radical (unpaired) electrons. The SMILES string of the molecule is CCN(CC)C(CC)(CC)C(Cc1ccc(I)cc1)NC. The van der Waals surface area contributed by atoms with Crippen LogP contribution in [0, 0.1) is 3.57 Å². The van der Waals surface area contributed by atoms with Crippen molar-refractivity contribution in [3.63, 3.8) is 0 Å². The Morgan fingerprint density at radius 2 is 1.57 bits per heavy atom. The summed E-state index contributed by atoms with van der Waals surface area (Å²) < 4.78 is 1.30. The molecule has 0 aliphatic carbocycles. The fourth-order valence-electron chi connectivity index (χ4n) is 3.68. The zero-order valence-electron chi connectivity index (χ0n) is 14.2. The smallest absolute Gasteiger partial charge is 0.0360 e. The van der Waals surface area contributed by atoms with Crippen molar-refractivity contribution in [1.82, 2.24) is 10.2 Å². The molecule has 1 N–H and O–H groups in total. The Bertz CT molecular complexity index is 394. The molecule has 0 aliphatic heterocycles. The number of nitrogens with zero attached hydrogens (tertiary/aromatic N) is 1. The van der Waals surface area contributed by atoms with Crippen LogP contribution in [0.3, 0.4) is 0 Å². The molecule has 1 aromatic rings. The first-order valence-corrected chi connectivity index (χ1v) is 9.32. The van der Waals surface area contributed by atoms with Gasteiger partial charge in [0.05, 0.1) is 0 Å². The van der Waals surface area contributed by atoms with Gasteiger partial charge in [-0.25, -0.2) is 0 Å². The van der Waals surface area contributed by atoms with Gasteiger partial charge < -0.3 is 5.32 Å². The molecule has 0 saturated heterocycles. The van der Waals surface area contributed by atoms with E-state index in [0.717, 1.165) is 19.5 Å². The van der Waals surface area contributed by atoms with E-state index >= 15 is 0 Å². The fraction of sp³-hybridized carbons (Fsp3) is 0.667. The Kier molecular flexibility index (Phi) is 8.21. The highest BCUT2D eigenvalue weighted by Crippen LogP contribution is 2.30. The van der Waals surface area contributed by atoms with Crippen LogP contribution in [0.2, 0.25) is 0 Å². The Morgan fingerprint density at radius 3 is 1.95 bits per heavy atom. The van der Waals surface area contributed by atoms with Crippen molar-refractivity contribution in [2.45, 2.75) is 58.5 Å². The summed E-state index contributed by atoms with van der Waals surface area (Å²) in [7, 11) is 2.11. The van der Waals surface area contributed by atoms with E-state index in [2.05, 4.69) is 91.8 Å². The monoisotopic (exact) mass is 402 g/mol. The standard InChI is InChI=1S/C18H31IN2/c1-6-18(7-2,21(8-3)9-4)17(20-5)14-15-10-12-16(19)13-11-15/h10-13,17,20H,6-9,14H2,1-5H3. The predicted octanol–water partition coefficient (Wildman–Crippen LogP) is 4.32. The number of halogens is 1. The van der Waals surface area contributed by atoms with Crippen molar-refractivity contribution in [1.29, 1.82) is 0 Å². The highest BCUT2D eigenvalue weighted by Gasteiger charge is 2.38. The van der Waals surface area contributed by atoms with E-state index in [9.17, 15) is 0 Å². The summed E-state index contributed by atoms with van der Waals surface area (Å²) in [6.45, 7) is 11.5. The van der Waals surface area contributed by atoms with Crippen LogP contribution < -0.4 is 5.32 Å². The molecule has 0 heterocycles. The number of benzene rings is 1. The Morgan fingerprint density at radius 1 is 1.05 bits per heavy atom. The van der Waals surface area contributed by atoms with Gasteiger partial charge in [-0.05, 0) is 79.7 Å². The van der Waals surface area contributed by atoms with Gasteiger partial charge in [0.25, 0.3) is 0 Å². The minimum absolute atomic E-state index is 0.237. The number of nitrogens with one attached hydrogen (secondary N) is 1. The maximum absolute atomic E-state index is 3.61. The second kappa shape index (κ2) is 9.11. The number of likely N-dealkylation sites (N-methyl/N-ethyl adjacent to an activating group) is 2. The molecular weight excluding hydrogens is 371 g/mol. The number of hydrogen-bond donors (Lipinski definition) is 1. The molecule has 3 heteroatoms. The van der Waals surface area contributed by atoms with Crippen LogP contribution in [0.4, 0.5) is 0 Å². The highest BCUT2D eigenvalue weighted by atomic mass is 127. The molecule has 21 heavy (non-hydrogen) atoms. The largest absolute Gasteiger partial charge is 0.315 e. The van der Waals surface area contributed by atoms with Gasteiger partial charge in [-0.3, -0.25) is 4.90 Å². The maximum Gasteiger partial charge on any atom is 0.0360 e. The lowest BCUT2D eigenvalue weighted by molar-refractivity contribution is 0.0519. The normalized spacial score (nSPS) is 13.7. The topological polar surface area (TPSA) is 15.3 Å².